The van der Waals surface area contributed by atoms with Gasteiger partial charge in [-0.15, -0.1) is 0 Å². The molecule has 0 saturated carbocycles. The van der Waals surface area contributed by atoms with Crippen LogP contribution in [0.1, 0.15) is 51.2 Å². The van der Waals surface area contributed by atoms with Crippen LogP contribution in [-0.4, -0.2) is 50.9 Å². The minimum Gasteiger partial charge on any atom is -0.492 e. The van der Waals surface area contributed by atoms with E-state index in [2.05, 4.69) is 5.32 Å². The number of carbonyl (C=O) groups excluding carboxylic acids is 2. The number of carbonyl (C=O) groups is 2. The molecule has 1 N–H and O–H groups in total. The first-order valence-electron chi connectivity index (χ1n) is 14.4. The van der Waals surface area contributed by atoms with Gasteiger partial charge in [-0.05, 0) is 68.7 Å². The maximum Gasteiger partial charge on any atom is 0.264 e. The molecule has 0 aliphatic heterocycles. The Morgan fingerprint density at radius 3 is 2.30 bits per heavy atom. The standard InChI is InChI=1S/C32H39Cl2N3O5S/c1-5-8-19-35-32(39)28(6-2)36(21-24-15-16-25(33)20-27(24)34)31(38)22-37(29-11-9-10-12-30(29)42-7-3)43(40,41)26-17-13-23(4)14-18-26/h9-18,20,28H,5-8,19,21-22H2,1-4H3,(H,35,39)/t28-/m0/s1. The lowest BCUT2D eigenvalue weighted by Crippen LogP contribution is -2.52. The van der Waals surface area contributed by atoms with Gasteiger partial charge in [0.25, 0.3) is 10.0 Å². The third-order valence-corrected chi connectivity index (χ3v) is 9.25. The fourth-order valence-electron chi connectivity index (χ4n) is 4.55. The van der Waals surface area contributed by atoms with Gasteiger partial charge >= 0.3 is 0 Å². The number of halogens is 2. The van der Waals surface area contributed by atoms with E-state index in [0.29, 0.717) is 40.9 Å². The molecule has 8 nitrogen and oxygen atoms in total. The predicted octanol–water partition coefficient (Wildman–Crippen LogP) is 6.62. The van der Waals surface area contributed by atoms with Gasteiger partial charge in [-0.2, -0.15) is 0 Å². The van der Waals surface area contributed by atoms with Gasteiger partial charge in [-0.1, -0.05) is 79.4 Å². The Morgan fingerprint density at radius 1 is 0.977 bits per heavy atom. The fourth-order valence-corrected chi connectivity index (χ4v) is 6.44. The molecule has 0 aromatic heterocycles. The molecule has 232 valence electrons. The maximum absolute atomic E-state index is 14.3. The van der Waals surface area contributed by atoms with Crippen LogP contribution in [0.25, 0.3) is 0 Å². The Balaban J connectivity index is 2.11. The average Bonchev–Trinajstić information content (AvgIpc) is 2.97. The van der Waals surface area contributed by atoms with Gasteiger partial charge in [0.05, 0.1) is 17.2 Å². The van der Waals surface area contributed by atoms with E-state index < -0.39 is 28.5 Å². The topological polar surface area (TPSA) is 96.0 Å². The molecule has 0 aliphatic rings. The maximum atomic E-state index is 14.3. The van der Waals surface area contributed by atoms with E-state index >= 15 is 0 Å². The van der Waals surface area contributed by atoms with Gasteiger partial charge in [-0.25, -0.2) is 8.42 Å². The zero-order valence-electron chi connectivity index (χ0n) is 25.0. The van der Waals surface area contributed by atoms with Gasteiger partial charge in [0.2, 0.25) is 11.8 Å². The largest absolute Gasteiger partial charge is 0.492 e. The molecule has 0 fully saturated rings. The summed E-state index contributed by atoms with van der Waals surface area (Å²) in [5.74, 6) is -0.590. The van der Waals surface area contributed by atoms with Crippen molar-refractivity contribution in [3.05, 3.63) is 87.9 Å². The normalized spacial score (nSPS) is 12.0. The predicted molar refractivity (Wildman–Crippen MR) is 172 cm³/mol. The number of rotatable bonds is 15. The van der Waals surface area contributed by atoms with Crippen LogP contribution in [0.15, 0.2) is 71.6 Å². The van der Waals surface area contributed by atoms with Crippen molar-refractivity contribution >= 4 is 50.7 Å². The molecule has 43 heavy (non-hydrogen) atoms. The number of unbranched alkanes of at least 4 members (excludes halogenated alkanes) is 1. The third kappa shape index (κ3) is 8.87. The molecule has 0 radical (unpaired) electrons. The summed E-state index contributed by atoms with van der Waals surface area (Å²) in [5.41, 5.74) is 1.67. The van der Waals surface area contributed by atoms with Gasteiger partial charge in [0.15, 0.2) is 0 Å². The van der Waals surface area contributed by atoms with Crippen LogP contribution < -0.4 is 14.4 Å². The molecule has 1 atom stereocenters. The van der Waals surface area contributed by atoms with Gasteiger partial charge < -0.3 is 15.0 Å². The smallest absolute Gasteiger partial charge is 0.264 e. The van der Waals surface area contributed by atoms with E-state index in [-0.39, 0.29) is 23.0 Å². The summed E-state index contributed by atoms with van der Waals surface area (Å²) >= 11 is 12.6. The number of nitrogens with zero attached hydrogens (tertiary/aromatic N) is 2. The highest BCUT2D eigenvalue weighted by Gasteiger charge is 2.35. The Hall–Kier alpha value is -3.27. The first-order chi connectivity index (χ1) is 20.5. The zero-order chi connectivity index (χ0) is 31.6. The number of ether oxygens (including phenoxy) is 1. The summed E-state index contributed by atoms with van der Waals surface area (Å²) in [7, 11) is -4.24. The number of sulfonamides is 1. The number of para-hydroxylation sites is 2. The lowest BCUT2D eigenvalue weighted by molar-refractivity contribution is -0.140. The van der Waals surface area contributed by atoms with Crippen molar-refractivity contribution < 1.29 is 22.7 Å². The lowest BCUT2D eigenvalue weighted by Gasteiger charge is -2.33. The van der Waals surface area contributed by atoms with Crippen molar-refractivity contribution in [1.82, 2.24) is 10.2 Å². The van der Waals surface area contributed by atoms with Crippen LogP contribution in [0.3, 0.4) is 0 Å². The van der Waals surface area contributed by atoms with Crippen molar-refractivity contribution in [1.29, 1.82) is 0 Å². The van der Waals surface area contributed by atoms with Gasteiger partial charge in [0.1, 0.15) is 18.3 Å². The number of anilines is 1. The van der Waals surface area contributed by atoms with Crippen molar-refractivity contribution in [2.45, 2.75) is 64.4 Å². The molecule has 3 aromatic carbocycles. The Labute approximate surface area is 265 Å². The number of nitrogens with one attached hydrogen (secondary N) is 1. The second kappa shape index (κ2) is 16.0. The van der Waals surface area contributed by atoms with Gasteiger partial charge in [0, 0.05) is 23.1 Å². The molecule has 0 bridgehead atoms. The molecule has 2 amide bonds. The van der Waals surface area contributed by atoms with E-state index in [1.165, 1.54) is 17.0 Å². The molecule has 0 spiro atoms. The van der Waals surface area contributed by atoms with Gasteiger partial charge in [-0.3, -0.25) is 13.9 Å². The zero-order valence-corrected chi connectivity index (χ0v) is 27.3. The highest BCUT2D eigenvalue weighted by atomic mass is 35.5. The number of benzene rings is 3. The number of hydrogen-bond acceptors (Lipinski definition) is 5. The van der Waals surface area contributed by atoms with Crippen LogP contribution in [0.5, 0.6) is 5.75 Å². The monoisotopic (exact) mass is 647 g/mol. The molecule has 0 saturated heterocycles. The fraction of sp³-hybridized carbons (Fsp3) is 0.375. The van der Waals surface area contributed by atoms with E-state index in [1.807, 2.05) is 13.8 Å². The highest BCUT2D eigenvalue weighted by Crippen LogP contribution is 2.33. The van der Waals surface area contributed by atoms with Crippen LogP contribution in [-0.2, 0) is 26.2 Å². The van der Waals surface area contributed by atoms with Crippen molar-refractivity contribution in [3.8, 4) is 5.75 Å². The second-order valence-electron chi connectivity index (χ2n) is 10.1. The van der Waals surface area contributed by atoms with E-state index in [9.17, 15) is 18.0 Å². The quantitative estimate of drug-likeness (QED) is 0.187. The summed E-state index contributed by atoms with van der Waals surface area (Å²) in [4.78, 5) is 29.0. The third-order valence-electron chi connectivity index (χ3n) is 6.89. The molecule has 0 aliphatic carbocycles. The summed E-state index contributed by atoms with van der Waals surface area (Å²) in [6.45, 7) is 7.62. The molecule has 0 unspecified atom stereocenters. The first-order valence-corrected chi connectivity index (χ1v) is 16.5. The van der Waals surface area contributed by atoms with Crippen LogP contribution >= 0.6 is 23.2 Å². The Morgan fingerprint density at radius 2 is 1.67 bits per heavy atom. The summed E-state index contributed by atoms with van der Waals surface area (Å²) in [6, 6.07) is 17.1. The summed E-state index contributed by atoms with van der Waals surface area (Å²) < 4.78 is 35.1. The number of aryl methyl sites for hydroxylation is 1. The van der Waals surface area contributed by atoms with E-state index in [4.69, 9.17) is 27.9 Å². The summed E-state index contributed by atoms with van der Waals surface area (Å²) in [6.07, 6.45) is 1.98. The molecule has 3 rings (SSSR count). The average molecular weight is 649 g/mol. The number of amides is 2. The first kappa shape index (κ1) is 34.2. The van der Waals surface area contributed by atoms with Crippen LogP contribution in [0, 0.1) is 6.92 Å². The minimum atomic E-state index is -4.24. The van der Waals surface area contributed by atoms with Crippen LogP contribution in [0.2, 0.25) is 10.0 Å². The molecular formula is C32H39Cl2N3O5S. The van der Waals surface area contributed by atoms with Crippen molar-refractivity contribution in [2.24, 2.45) is 0 Å². The second-order valence-corrected chi connectivity index (χ2v) is 12.8. The van der Waals surface area contributed by atoms with Crippen LogP contribution in [0.4, 0.5) is 5.69 Å². The molecule has 11 heteroatoms. The molecule has 0 heterocycles. The molecule has 3 aromatic rings. The Kier molecular flexibility index (Phi) is 12.7. The van der Waals surface area contributed by atoms with E-state index in [0.717, 1.165) is 22.7 Å². The Bertz CT molecular complexity index is 1500. The van der Waals surface area contributed by atoms with E-state index in [1.54, 1.807) is 68.4 Å². The molecular weight excluding hydrogens is 609 g/mol. The SMILES string of the molecule is CCCCNC(=O)[C@H](CC)N(Cc1ccc(Cl)cc1Cl)C(=O)CN(c1ccccc1OCC)S(=O)(=O)c1ccc(C)cc1. The lowest BCUT2D eigenvalue weighted by atomic mass is 10.1. The summed E-state index contributed by atoms with van der Waals surface area (Å²) in [5, 5.41) is 3.67. The van der Waals surface area contributed by atoms with Crippen molar-refractivity contribution in [2.75, 3.05) is 24.0 Å². The highest BCUT2D eigenvalue weighted by molar-refractivity contribution is 7.92. The minimum absolute atomic E-state index is 0.0221. The van der Waals surface area contributed by atoms with Crippen molar-refractivity contribution in [3.63, 3.8) is 0 Å². The number of hydrogen-bond donors (Lipinski definition) is 1.